The maximum atomic E-state index is 13.6. The molecule has 35 heavy (non-hydrogen) atoms. The van der Waals surface area contributed by atoms with Gasteiger partial charge in [-0.2, -0.15) is 0 Å². The molecule has 1 aliphatic heterocycles. The van der Waals surface area contributed by atoms with Gasteiger partial charge in [0, 0.05) is 63.1 Å². The molecule has 1 amide bonds. The molecule has 1 fully saturated rings. The van der Waals surface area contributed by atoms with Crippen LogP contribution in [0.2, 0.25) is 5.02 Å². The second kappa shape index (κ2) is 10.1. The van der Waals surface area contributed by atoms with Crippen molar-refractivity contribution in [1.82, 2.24) is 18.6 Å². The molecule has 9 nitrogen and oxygen atoms in total. The Kier molecular flexibility index (Phi) is 7.16. The normalized spacial score (nSPS) is 14.1. The Morgan fingerprint density at radius 1 is 0.914 bits per heavy atom. The number of anilines is 1. The van der Waals surface area contributed by atoms with Crippen LogP contribution in [0, 0.1) is 0 Å². The van der Waals surface area contributed by atoms with Crippen molar-refractivity contribution in [3.63, 3.8) is 0 Å². The van der Waals surface area contributed by atoms with Crippen LogP contribution >= 0.6 is 11.6 Å². The molecule has 0 unspecified atom stereocenters. The van der Waals surface area contributed by atoms with Crippen LogP contribution < -0.4 is 21.7 Å². The minimum atomic E-state index is -0.530. The molecule has 1 aromatic carbocycles. The van der Waals surface area contributed by atoms with Crippen molar-refractivity contribution in [3.05, 3.63) is 72.1 Å². The van der Waals surface area contributed by atoms with Crippen LogP contribution in [0.1, 0.15) is 37.0 Å². The molecule has 3 heterocycles. The summed E-state index contributed by atoms with van der Waals surface area (Å²) in [5, 5.41) is 0.786. The average Bonchev–Trinajstić information content (AvgIpc) is 2.86. The van der Waals surface area contributed by atoms with E-state index in [2.05, 4.69) is 4.90 Å². The first-order valence-corrected chi connectivity index (χ1v) is 12.3. The van der Waals surface area contributed by atoms with Gasteiger partial charge in [-0.1, -0.05) is 25.4 Å². The average molecular weight is 500 g/mol. The summed E-state index contributed by atoms with van der Waals surface area (Å²) in [6.07, 6.45) is 1.23. The van der Waals surface area contributed by atoms with E-state index >= 15 is 0 Å². The molecule has 0 radical (unpaired) electrons. The molecular formula is C25H30ClN5O4. The minimum absolute atomic E-state index is 0.0581. The molecule has 2 aromatic heterocycles. The highest BCUT2D eigenvalue weighted by atomic mass is 35.5. The molecule has 0 atom stereocenters. The third-order valence-corrected chi connectivity index (χ3v) is 6.71. The Balaban J connectivity index is 1.77. The molecule has 1 aliphatic rings. The number of pyridine rings is 1. The molecule has 1 saturated heterocycles. The Labute approximate surface area is 207 Å². The summed E-state index contributed by atoms with van der Waals surface area (Å²) >= 11 is 5.99. The lowest BCUT2D eigenvalue weighted by atomic mass is 10.1. The Morgan fingerprint density at radius 2 is 1.51 bits per heavy atom. The van der Waals surface area contributed by atoms with Gasteiger partial charge in [0.05, 0.1) is 10.9 Å². The quantitative estimate of drug-likeness (QED) is 0.519. The first kappa shape index (κ1) is 24.8. The van der Waals surface area contributed by atoms with Crippen LogP contribution in [-0.4, -0.2) is 50.7 Å². The van der Waals surface area contributed by atoms with Crippen molar-refractivity contribution < 1.29 is 4.79 Å². The molecule has 0 N–H and O–H groups in total. The number of fused-ring (bicyclic) bond motifs is 1. The topological polar surface area (TPSA) is 89.6 Å². The highest BCUT2D eigenvalue weighted by molar-refractivity contribution is 6.30. The van der Waals surface area contributed by atoms with Crippen molar-refractivity contribution in [3.8, 4) is 0 Å². The number of hydrogen-bond donors (Lipinski definition) is 0. The lowest BCUT2D eigenvalue weighted by Crippen LogP contribution is -2.49. The van der Waals surface area contributed by atoms with Gasteiger partial charge in [-0.25, -0.2) is 4.79 Å². The van der Waals surface area contributed by atoms with E-state index in [4.69, 9.17) is 11.6 Å². The van der Waals surface area contributed by atoms with Gasteiger partial charge in [-0.05, 0) is 37.1 Å². The summed E-state index contributed by atoms with van der Waals surface area (Å²) in [5.74, 6) is -0.370. The number of piperazine rings is 1. The van der Waals surface area contributed by atoms with E-state index in [1.54, 1.807) is 11.9 Å². The van der Waals surface area contributed by atoms with E-state index < -0.39 is 16.8 Å². The van der Waals surface area contributed by atoms with Gasteiger partial charge in [0.25, 0.3) is 17.0 Å². The van der Waals surface area contributed by atoms with E-state index in [-0.39, 0.29) is 29.0 Å². The molecule has 4 rings (SSSR count). The molecule has 186 valence electrons. The van der Waals surface area contributed by atoms with Crippen LogP contribution in [0.15, 0.2) is 44.7 Å². The fraction of sp³-hybridized carbons (Fsp3) is 0.440. The van der Waals surface area contributed by atoms with Crippen molar-refractivity contribution in [2.24, 2.45) is 7.05 Å². The van der Waals surface area contributed by atoms with Gasteiger partial charge < -0.3 is 9.80 Å². The maximum Gasteiger partial charge on any atom is 0.332 e. The van der Waals surface area contributed by atoms with E-state index in [1.165, 1.54) is 15.2 Å². The highest BCUT2D eigenvalue weighted by Gasteiger charge is 2.28. The Hall–Kier alpha value is -3.33. The van der Waals surface area contributed by atoms with Crippen LogP contribution in [0.4, 0.5) is 5.69 Å². The van der Waals surface area contributed by atoms with Crippen molar-refractivity contribution in [2.75, 3.05) is 31.1 Å². The molecule has 0 saturated carbocycles. The molecule has 0 bridgehead atoms. The number of aromatic nitrogens is 3. The largest absolute Gasteiger partial charge is 0.368 e. The predicted molar refractivity (Wildman–Crippen MR) is 138 cm³/mol. The number of nitrogens with zero attached hydrogens (tertiary/aromatic N) is 5. The van der Waals surface area contributed by atoms with Crippen LogP contribution in [0.3, 0.4) is 0 Å². The zero-order chi connectivity index (χ0) is 25.3. The zero-order valence-electron chi connectivity index (χ0n) is 20.3. The predicted octanol–water partition coefficient (Wildman–Crippen LogP) is 2.30. The van der Waals surface area contributed by atoms with Gasteiger partial charge >= 0.3 is 5.69 Å². The maximum absolute atomic E-state index is 13.6. The summed E-state index contributed by atoms with van der Waals surface area (Å²) in [4.78, 5) is 56.9. The van der Waals surface area contributed by atoms with Gasteiger partial charge in [0.1, 0.15) is 5.65 Å². The van der Waals surface area contributed by atoms with Gasteiger partial charge in [0.15, 0.2) is 0 Å². The van der Waals surface area contributed by atoms with E-state index in [0.717, 1.165) is 10.3 Å². The molecule has 0 aliphatic carbocycles. The third kappa shape index (κ3) is 4.52. The summed E-state index contributed by atoms with van der Waals surface area (Å²) in [6.45, 7) is 6.46. The van der Waals surface area contributed by atoms with Gasteiger partial charge in [0.2, 0.25) is 0 Å². The molecular weight excluding hydrogens is 470 g/mol. The lowest BCUT2D eigenvalue weighted by molar-refractivity contribution is 0.0748. The monoisotopic (exact) mass is 499 g/mol. The summed E-state index contributed by atoms with van der Waals surface area (Å²) in [6, 6.07) is 8.80. The fourth-order valence-corrected chi connectivity index (χ4v) is 4.83. The SMILES string of the molecule is CCCn1c(=O)c2c(C(=O)N3CCN(c4ccc(Cl)cc4)CC3)cc(=O)n(CCC)c2n(C)c1=O. The van der Waals surface area contributed by atoms with Crippen molar-refractivity contribution in [2.45, 2.75) is 39.8 Å². The van der Waals surface area contributed by atoms with Gasteiger partial charge in [-0.15, -0.1) is 0 Å². The highest BCUT2D eigenvalue weighted by Crippen LogP contribution is 2.21. The summed E-state index contributed by atoms with van der Waals surface area (Å²) in [7, 11) is 1.54. The van der Waals surface area contributed by atoms with E-state index in [9.17, 15) is 19.2 Å². The lowest BCUT2D eigenvalue weighted by Gasteiger charge is -2.36. The smallest absolute Gasteiger partial charge is 0.332 e. The number of rotatable bonds is 6. The number of carbonyl (C=O) groups is 1. The first-order chi connectivity index (χ1) is 16.8. The second-order valence-electron chi connectivity index (χ2n) is 8.80. The molecule has 0 spiro atoms. The Morgan fingerprint density at radius 3 is 2.11 bits per heavy atom. The molecule has 3 aromatic rings. The number of halogens is 1. The fourth-order valence-electron chi connectivity index (χ4n) is 4.71. The van der Waals surface area contributed by atoms with Crippen molar-refractivity contribution in [1.29, 1.82) is 0 Å². The molecule has 10 heteroatoms. The number of hydrogen-bond acceptors (Lipinski definition) is 5. The Bertz CT molecular complexity index is 1430. The van der Waals surface area contributed by atoms with E-state index in [0.29, 0.717) is 50.6 Å². The van der Waals surface area contributed by atoms with Crippen LogP contribution in [-0.2, 0) is 20.1 Å². The number of carbonyl (C=O) groups excluding carboxylic acids is 1. The zero-order valence-corrected chi connectivity index (χ0v) is 21.0. The number of aryl methyl sites for hydroxylation is 2. The first-order valence-electron chi connectivity index (χ1n) is 12.0. The number of amides is 1. The third-order valence-electron chi connectivity index (χ3n) is 6.46. The van der Waals surface area contributed by atoms with Crippen molar-refractivity contribution >= 4 is 34.2 Å². The van der Waals surface area contributed by atoms with Gasteiger partial charge in [-0.3, -0.25) is 28.1 Å². The minimum Gasteiger partial charge on any atom is -0.368 e. The summed E-state index contributed by atoms with van der Waals surface area (Å²) < 4.78 is 3.89. The second-order valence-corrected chi connectivity index (χ2v) is 9.24. The van der Waals surface area contributed by atoms with Crippen LogP contribution in [0.5, 0.6) is 0 Å². The standard InChI is InChI=1S/C25H30ClN5O4/c1-4-10-30-20(32)16-19(21-22(30)27(3)25(35)31(11-5-2)24(21)34)23(33)29-14-12-28(13-15-29)18-8-6-17(26)7-9-18/h6-9,16H,4-5,10-15H2,1-3H3. The number of benzene rings is 1. The van der Waals surface area contributed by atoms with E-state index in [1.807, 2.05) is 38.1 Å². The van der Waals surface area contributed by atoms with Crippen LogP contribution in [0.25, 0.3) is 11.0 Å². The summed E-state index contributed by atoms with van der Waals surface area (Å²) in [5.41, 5.74) is -0.142.